The van der Waals surface area contributed by atoms with E-state index in [1.54, 1.807) is 30.3 Å². The topological polar surface area (TPSA) is 100 Å². The van der Waals surface area contributed by atoms with Crippen LogP contribution in [0, 0.1) is 5.41 Å². The average Bonchev–Trinajstić information content (AvgIpc) is 3.09. The van der Waals surface area contributed by atoms with Crippen LogP contribution in [0.3, 0.4) is 0 Å². The highest BCUT2D eigenvalue weighted by atomic mass is 127. The van der Waals surface area contributed by atoms with Crippen molar-refractivity contribution in [2.45, 2.75) is 24.7 Å². The molecule has 1 unspecified atom stereocenters. The van der Waals surface area contributed by atoms with Gasteiger partial charge in [-0.15, -0.1) is 24.0 Å². The lowest BCUT2D eigenvalue weighted by atomic mass is 9.84. The second kappa shape index (κ2) is 11.8. The SMILES string of the molecule is CCNC(=NCC1(CCO)CCOC1)NCCS(=O)(=O)c1ccccc1.I. The van der Waals surface area contributed by atoms with Crippen molar-refractivity contribution in [2.75, 3.05) is 45.2 Å². The zero-order chi connectivity index (χ0) is 18.9. The number of guanidine groups is 1. The predicted octanol–water partition coefficient (Wildman–Crippen LogP) is 1.42. The van der Waals surface area contributed by atoms with Gasteiger partial charge in [-0.05, 0) is 31.9 Å². The lowest BCUT2D eigenvalue weighted by molar-refractivity contribution is 0.131. The molecular formula is C18H30IN3O4S. The lowest BCUT2D eigenvalue weighted by Crippen LogP contribution is -2.40. The van der Waals surface area contributed by atoms with Crippen molar-refractivity contribution < 1.29 is 18.3 Å². The number of hydrogen-bond donors (Lipinski definition) is 3. The van der Waals surface area contributed by atoms with Crippen LogP contribution in [0.15, 0.2) is 40.2 Å². The maximum Gasteiger partial charge on any atom is 0.191 e. The van der Waals surface area contributed by atoms with Crippen LogP contribution in [0.5, 0.6) is 0 Å². The van der Waals surface area contributed by atoms with Gasteiger partial charge in [-0.1, -0.05) is 18.2 Å². The van der Waals surface area contributed by atoms with Gasteiger partial charge in [-0.2, -0.15) is 0 Å². The third-order valence-electron chi connectivity index (χ3n) is 4.51. The van der Waals surface area contributed by atoms with E-state index in [4.69, 9.17) is 4.74 Å². The Morgan fingerprint density at radius 1 is 1.30 bits per heavy atom. The smallest absolute Gasteiger partial charge is 0.191 e. The molecule has 1 heterocycles. The number of hydrogen-bond acceptors (Lipinski definition) is 5. The van der Waals surface area contributed by atoms with Gasteiger partial charge in [0.15, 0.2) is 15.8 Å². The summed E-state index contributed by atoms with van der Waals surface area (Å²) in [6, 6.07) is 8.44. The van der Waals surface area contributed by atoms with E-state index >= 15 is 0 Å². The van der Waals surface area contributed by atoms with Gasteiger partial charge in [0.05, 0.1) is 23.8 Å². The van der Waals surface area contributed by atoms with Crippen LogP contribution in [-0.4, -0.2) is 64.7 Å². The van der Waals surface area contributed by atoms with Gasteiger partial charge in [-0.25, -0.2) is 8.42 Å². The van der Waals surface area contributed by atoms with Crippen LogP contribution in [0.25, 0.3) is 0 Å². The van der Waals surface area contributed by atoms with E-state index < -0.39 is 9.84 Å². The van der Waals surface area contributed by atoms with Crippen molar-refractivity contribution in [1.82, 2.24) is 10.6 Å². The zero-order valence-electron chi connectivity index (χ0n) is 15.7. The first-order valence-corrected chi connectivity index (χ1v) is 10.7. The van der Waals surface area contributed by atoms with E-state index in [0.29, 0.717) is 43.6 Å². The highest BCUT2D eigenvalue weighted by Crippen LogP contribution is 2.32. The Kier molecular flexibility index (Phi) is 10.6. The molecule has 0 aromatic heterocycles. The van der Waals surface area contributed by atoms with Crippen molar-refractivity contribution in [3.8, 4) is 0 Å². The van der Waals surface area contributed by atoms with Crippen molar-refractivity contribution >= 4 is 39.8 Å². The number of nitrogens with zero attached hydrogens (tertiary/aromatic N) is 1. The highest BCUT2D eigenvalue weighted by Gasteiger charge is 2.34. The molecule has 0 aliphatic carbocycles. The number of rotatable bonds is 9. The maximum atomic E-state index is 12.3. The maximum absolute atomic E-state index is 12.3. The molecule has 1 atom stereocenters. The van der Waals surface area contributed by atoms with E-state index in [1.807, 2.05) is 6.92 Å². The molecule has 0 amide bonds. The fourth-order valence-corrected chi connectivity index (χ4v) is 4.10. The molecule has 1 aromatic rings. The summed E-state index contributed by atoms with van der Waals surface area (Å²) in [6.07, 6.45) is 1.52. The minimum absolute atomic E-state index is 0. The zero-order valence-corrected chi connectivity index (χ0v) is 18.8. The lowest BCUT2D eigenvalue weighted by Gasteiger charge is -2.24. The molecule has 2 rings (SSSR count). The first-order valence-electron chi connectivity index (χ1n) is 9.00. The van der Waals surface area contributed by atoms with Crippen molar-refractivity contribution in [2.24, 2.45) is 10.4 Å². The molecule has 1 aromatic carbocycles. The average molecular weight is 511 g/mol. The summed E-state index contributed by atoms with van der Waals surface area (Å²) >= 11 is 0. The van der Waals surface area contributed by atoms with Gasteiger partial charge in [0.1, 0.15) is 0 Å². The van der Waals surface area contributed by atoms with Gasteiger partial charge >= 0.3 is 0 Å². The molecule has 1 aliphatic heterocycles. The first kappa shape index (κ1) is 24.1. The number of aliphatic imine (C=N–C) groups is 1. The standard InChI is InChI=1S/C18H29N3O4S.HI/c1-2-19-17(21-14-18(8-11-22)9-12-25-15-18)20-10-13-26(23,24)16-6-4-3-5-7-16;/h3-7,22H,2,8-15H2,1H3,(H2,19,20,21);1H. The first-order chi connectivity index (χ1) is 12.5. The summed E-state index contributed by atoms with van der Waals surface area (Å²) in [5.74, 6) is 0.576. The van der Waals surface area contributed by atoms with Crippen molar-refractivity contribution in [3.05, 3.63) is 30.3 Å². The predicted molar refractivity (Wildman–Crippen MR) is 117 cm³/mol. The molecular weight excluding hydrogens is 481 g/mol. The van der Waals surface area contributed by atoms with E-state index in [2.05, 4.69) is 15.6 Å². The summed E-state index contributed by atoms with van der Waals surface area (Å²) in [6.45, 7) is 4.84. The molecule has 9 heteroatoms. The number of benzene rings is 1. The minimum Gasteiger partial charge on any atom is -0.396 e. The number of nitrogens with one attached hydrogen (secondary N) is 2. The molecule has 0 spiro atoms. The third-order valence-corrected chi connectivity index (χ3v) is 6.24. The number of ether oxygens (including phenoxy) is 1. The fraction of sp³-hybridized carbons (Fsp3) is 0.611. The number of aliphatic hydroxyl groups excluding tert-OH is 1. The van der Waals surface area contributed by atoms with Crippen LogP contribution < -0.4 is 10.6 Å². The van der Waals surface area contributed by atoms with Crippen LogP contribution in [0.2, 0.25) is 0 Å². The molecule has 0 radical (unpaired) electrons. The summed E-state index contributed by atoms with van der Waals surface area (Å²) < 4.78 is 30.1. The van der Waals surface area contributed by atoms with E-state index in [9.17, 15) is 13.5 Å². The Labute approximate surface area is 178 Å². The van der Waals surface area contributed by atoms with E-state index in [1.165, 1.54) is 0 Å². The molecule has 1 aliphatic rings. The summed E-state index contributed by atoms with van der Waals surface area (Å²) in [5.41, 5.74) is -0.132. The Morgan fingerprint density at radius 3 is 2.63 bits per heavy atom. The monoisotopic (exact) mass is 511 g/mol. The molecule has 3 N–H and O–H groups in total. The van der Waals surface area contributed by atoms with Gasteiger partial charge in [-0.3, -0.25) is 4.99 Å². The Bertz CT molecular complexity index is 677. The number of aliphatic hydroxyl groups is 1. The van der Waals surface area contributed by atoms with Crippen molar-refractivity contribution in [3.63, 3.8) is 0 Å². The minimum atomic E-state index is -3.32. The van der Waals surface area contributed by atoms with Gasteiger partial charge in [0.2, 0.25) is 0 Å². The second-order valence-electron chi connectivity index (χ2n) is 6.53. The largest absolute Gasteiger partial charge is 0.396 e. The molecule has 154 valence electrons. The quantitative estimate of drug-likeness (QED) is 0.264. The molecule has 1 fully saturated rings. The number of halogens is 1. The highest BCUT2D eigenvalue weighted by molar-refractivity contribution is 14.0. The fourth-order valence-electron chi connectivity index (χ4n) is 2.93. The molecule has 0 bridgehead atoms. The van der Waals surface area contributed by atoms with Crippen LogP contribution >= 0.6 is 24.0 Å². The molecule has 0 saturated carbocycles. The van der Waals surface area contributed by atoms with E-state index in [-0.39, 0.29) is 48.3 Å². The Balaban J connectivity index is 0.00000364. The molecule has 7 nitrogen and oxygen atoms in total. The van der Waals surface area contributed by atoms with Crippen LogP contribution in [0.4, 0.5) is 0 Å². The molecule has 1 saturated heterocycles. The summed E-state index contributed by atoms with van der Waals surface area (Å²) in [4.78, 5) is 4.91. The summed E-state index contributed by atoms with van der Waals surface area (Å²) in [7, 11) is -3.32. The van der Waals surface area contributed by atoms with Crippen molar-refractivity contribution in [1.29, 1.82) is 0 Å². The van der Waals surface area contributed by atoms with E-state index in [0.717, 1.165) is 6.42 Å². The van der Waals surface area contributed by atoms with Crippen LogP contribution in [-0.2, 0) is 14.6 Å². The normalized spacial score (nSPS) is 20.1. The summed E-state index contributed by atoms with van der Waals surface area (Å²) in [5, 5.41) is 15.5. The van der Waals surface area contributed by atoms with Crippen LogP contribution in [0.1, 0.15) is 19.8 Å². The van der Waals surface area contributed by atoms with Gasteiger partial charge in [0.25, 0.3) is 0 Å². The van der Waals surface area contributed by atoms with Gasteiger partial charge in [0, 0.05) is 31.7 Å². The Hall–Kier alpha value is -0.910. The Morgan fingerprint density at radius 2 is 2.04 bits per heavy atom. The van der Waals surface area contributed by atoms with Gasteiger partial charge < -0.3 is 20.5 Å². The number of sulfone groups is 1. The molecule has 27 heavy (non-hydrogen) atoms. The third kappa shape index (κ3) is 7.55. The second-order valence-corrected chi connectivity index (χ2v) is 8.64.